The van der Waals surface area contributed by atoms with E-state index in [1.165, 1.54) is 0 Å². The quantitative estimate of drug-likeness (QED) is 0.542. The van der Waals surface area contributed by atoms with Crippen LogP contribution in [0.4, 0.5) is 0 Å². The van der Waals surface area contributed by atoms with Crippen molar-refractivity contribution < 1.29 is 14.3 Å². The van der Waals surface area contributed by atoms with E-state index in [0.717, 1.165) is 6.41 Å². The minimum atomic E-state index is -0.827. The molecule has 0 radical (unpaired) electrons. The number of hydrogen-bond acceptors (Lipinski definition) is 4. The first-order valence-electron chi connectivity index (χ1n) is 4.94. The van der Waals surface area contributed by atoms with Gasteiger partial charge in [-0.3, -0.25) is 4.79 Å². The summed E-state index contributed by atoms with van der Waals surface area (Å²) in [6.07, 6.45) is 0.733. The monoisotopic (exact) mass is 231 g/mol. The summed E-state index contributed by atoms with van der Waals surface area (Å²) in [5.41, 5.74) is -0.827. The Morgan fingerprint density at radius 3 is 2.60 bits per heavy atom. The molecule has 15 heavy (non-hydrogen) atoms. The minimum absolute atomic E-state index is 0.324. The maximum absolute atomic E-state index is 11.8. The molecule has 0 saturated carbocycles. The normalized spacial score (nSPS) is 28.9. The third kappa shape index (κ3) is 1.97. The first-order valence-corrected chi connectivity index (χ1v) is 5.93. The zero-order valence-corrected chi connectivity index (χ0v) is 10.4. The maximum Gasteiger partial charge on any atom is 0.332 e. The van der Waals surface area contributed by atoms with Crippen LogP contribution in [0.15, 0.2) is 0 Å². The molecule has 0 spiro atoms. The van der Waals surface area contributed by atoms with Crippen LogP contribution in [0.25, 0.3) is 0 Å². The minimum Gasteiger partial charge on any atom is -0.464 e. The van der Waals surface area contributed by atoms with Crippen molar-refractivity contribution in [1.29, 1.82) is 0 Å². The van der Waals surface area contributed by atoms with Crippen LogP contribution in [0.3, 0.4) is 0 Å². The average Bonchev–Trinajstić information content (AvgIpc) is 2.39. The number of thioether (sulfide) groups is 1. The lowest BCUT2D eigenvalue weighted by Crippen LogP contribution is -2.55. The SMILES string of the molecule is CCOC(=O)C1(C)CSC(C)(C)N1C=O. The first kappa shape index (κ1) is 12.4. The summed E-state index contributed by atoms with van der Waals surface area (Å²) in [4.78, 5) is 24.0. The van der Waals surface area contributed by atoms with E-state index in [0.29, 0.717) is 12.4 Å². The topological polar surface area (TPSA) is 46.6 Å². The Morgan fingerprint density at radius 2 is 2.13 bits per heavy atom. The summed E-state index contributed by atoms with van der Waals surface area (Å²) in [5, 5.41) is 0. The molecule has 86 valence electrons. The van der Waals surface area contributed by atoms with Crippen LogP contribution in [0.5, 0.6) is 0 Å². The average molecular weight is 231 g/mol. The van der Waals surface area contributed by atoms with Gasteiger partial charge in [0.15, 0.2) is 0 Å². The summed E-state index contributed by atoms with van der Waals surface area (Å²) >= 11 is 1.59. The molecule has 0 bridgehead atoms. The van der Waals surface area contributed by atoms with Crippen molar-refractivity contribution in [3.63, 3.8) is 0 Å². The second kappa shape index (κ2) is 4.04. The first-order chi connectivity index (χ1) is 6.88. The summed E-state index contributed by atoms with van der Waals surface area (Å²) in [7, 11) is 0. The van der Waals surface area contributed by atoms with E-state index >= 15 is 0 Å². The highest BCUT2D eigenvalue weighted by atomic mass is 32.2. The van der Waals surface area contributed by atoms with Crippen molar-refractivity contribution in [2.45, 2.75) is 38.1 Å². The van der Waals surface area contributed by atoms with E-state index in [-0.39, 0.29) is 10.8 Å². The summed E-state index contributed by atoms with van der Waals surface area (Å²) in [6.45, 7) is 7.71. The number of amides is 1. The molecule has 1 atom stereocenters. The van der Waals surface area contributed by atoms with E-state index in [4.69, 9.17) is 4.74 Å². The number of carbonyl (C=O) groups is 2. The van der Waals surface area contributed by atoms with Gasteiger partial charge in [0.2, 0.25) is 6.41 Å². The molecule has 1 rings (SSSR count). The van der Waals surface area contributed by atoms with Crippen LogP contribution in [-0.2, 0) is 14.3 Å². The second-order valence-electron chi connectivity index (χ2n) is 4.21. The number of carbonyl (C=O) groups excluding carboxylic acids is 2. The van der Waals surface area contributed by atoms with Gasteiger partial charge in [-0.1, -0.05) is 0 Å². The Kier molecular flexibility index (Phi) is 3.33. The molecule has 1 heterocycles. The lowest BCUT2D eigenvalue weighted by Gasteiger charge is -2.36. The zero-order valence-electron chi connectivity index (χ0n) is 9.57. The third-order valence-electron chi connectivity index (χ3n) is 2.64. The molecular weight excluding hydrogens is 214 g/mol. The lowest BCUT2D eigenvalue weighted by atomic mass is 10.0. The van der Waals surface area contributed by atoms with Crippen LogP contribution in [-0.4, -0.2) is 40.0 Å². The molecule has 5 heteroatoms. The summed E-state index contributed by atoms with van der Waals surface area (Å²) in [5.74, 6) is 0.257. The van der Waals surface area contributed by atoms with Gasteiger partial charge in [-0.25, -0.2) is 4.79 Å². The Balaban J connectivity index is 2.94. The molecule has 0 aliphatic carbocycles. The largest absolute Gasteiger partial charge is 0.464 e. The van der Waals surface area contributed by atoms with E-state index in [1.807, 2.05) is 13.8 Å². The smallest absolute Gasteiger partial charge is 0.332 e. The molecule has 1 aliphatic heterocycles. The van der Waals surface area contributed by atoms with Gasteiger partial charge in [0.25, 0.3) is 0 Å². The van der Waals surface area contributed by atoms with Crippen molar-refractivity contribution in [3.05, 3.63) is 0 Å². The highest BCUT2D eigenvalue weighted by molar-refractivity contribution is 8.00. The number of rotatable bonds is 3. The highest BCUT2D eigenvalue weighted by Gasteiger charge is 2.53. The van der Waals surface area contributed by atoms with Crippen LogP contribution < -0.4 is 0 Å². The molecule has 0 aromatic heterocycles. The van der Waals surface area contributed by atoms with Crippen molar-refractivity contribution in [3.8, 4) is 0 Å². The predicted molar refractivity (Wildman–Crippen MR) is 59.5 cm³/mol. The third-order valence-corrected chi connectivity index (χ3v) is 4.25. The standard InChI is InChI=1S/C10H17NO3S/c1-5-14-8(13)10(4)6-15-9(2,3)11(10)7-12/h7H,5-6H2,1-4H3. The van der Waals surface area contributed by atoms with Crippen LogP contribution in [0.2, 0.25) is 0 Å². The van der Waals surface area contributed by atoms with E-state index in [9.17, 15) is 9.59 Å². The van der Waals surface area contributed by atoms with Crippen molar-refractivity contribution in [2.75, 3.05) is 12.4 Å². The molecule has 0 N–H and O–H groups in total. The van der Waals surface area contributed by atoms with Crippen molar-refractivity contribution >= 4 is 24.1 Å². The number of hydrogen-bond donors (Lipinski definition) is 0. The molecule has 1 saturated heterocycles. The van der Waals surface area contributed by atoms with Crippen molar-refractivity contribution in [2.24, 2.45) is 0 Å². The van der Waals surface area contributed by atoms with Gasteiger partial charge in [-0.2, -0.15) is 0 Å². The van der Waals surface area contributed by atoms with Gasteiger partial charge in [0, 0.05) is 5.75 Å². The van der Waals surface area contributed by atoms with Gasteiger partial charge < -0.3 is 9.64 Å². The van der Waals surface area contributed by atoms with Gasteiger partial charge >= 0.3 is 5.97 Å². The number of ether oxygens (including phenoxy) is 1. The lowest BCUT2D eigenvalue weighted by molar-refractivity contribution is -0.159. The number of esters is 1. The van der Waals surface area contributed by atoms with E-state index in [1.54, 1.807) is 30.5 Å². The molecule has 1 aliphatic rings. The van der Waals surface area contributed by atoms with Gasteiger partial charge in [-0.15, -0.1) is 11.8 Å². The van der Waals surface area contributed by atoms with Gasteiger partial charge in [0.05, 0.1) is 11.5 Å². The molecule has 0 aromatic carbocycles. The predicted octanol–water partition coefficient (Wildman–Crippen LogP) is 1.25. The highest BCUT2D eigenvalue weighted by Crippen LogP contribution is 2.43. The Hall–Kier alpha value is -0.710. The van der Waals surface area contributed by atoms with Crippen LogP contribution >= 0.6 is 11.8 Å². The van der Waals surface area contributed by atoms with Crippen LogP contribution in [0, 0.1) is 0 Å². The van der Waals surface area contributed by atoms with Crippen LogP contribution in [0.1, 0.15) is 27.7 Å². The van der Waals surface area contributed by atoms with E-state index < -0.39 is 5.54 Å². The van der Waals surface area contributed by atoms with Gasteiger partial charge in [0.1, 0.15) is 5.54 Å². The fourth-order valence-corrected chi connectivity index (χ4v) is 3.01. The van der Waals surface area contributed by atoms with E-state index in [2.05, 4.69) is 0 Å². The fourth-order valence-electron chi connectivity index (χ4n) is 1.74. The Labute approximate surface area is 94.3 Å². The number of nitrogens with zero attached hydrogens (tertiary/aromatic N) is 1. The second-order valence-corrected chi connectivity index (χ2v) is 5.78. The summed E-state index contributed by atoms with van der Waals surface area (Å²) in [6, 6.07) is 0. The maximum atomic E-state index is 11.8. The molecule has 1 amide bonds. The Morgan fingerprint density at radius 1 is 1.53 bits per heavy atom. The van der Waals surface area contributed by atoms with Crippen molar-refractivity contribution in [1.82, 2.24) is 4.90 Å². The molecular formula is C10H17NO3S. The molecule has 0 aromatic rings. The molecule has 1 fully saturated rings. The molecule has 1 unspecified atom stereocenters. The summed E-state index contributed by atoms with van der Waals surface area (Å²) < 4.78 is 5.00. The van der Waals surface area contributed by atoms with Gasteiger partial charge in [-0.05, 0) is 27.7 Å². The zero-order chi connectivity index (χ0) is 11.7. The Bertz CT molecular complexity index is 280. The molecule has 4 nitrogen and oxygen atoms in total. The fraction of sp³-hybridized carbons (Fsp3) is 0.800.